The maximum atomic E-state index is 7.03. The maximum absolute atomic E-state index is 7.03. The summed E-state index contributed by atoms with van der Waals surface area (Å²) in [5.74, 6) is 0. The van der Waals surface area contributed by atoms with E-state index in [1.165, 1.54) is 0 Å². The van der Waals surface area contributed by atoms with Crippen molar-refractivity contribution >= 4 is 88.8 Å². The molecule has 4 heteroatoms. The van der Waals surface area contributed by atoms with Crippen molar-refractivity contribution in [2.24, 2.45) is 0 Å². The summed E-state index contributed by atoms with van der Waals surface area (Å²) in [5.41, 5.74) is 9.51. The van der Waals surface area contributed by atoms with Gasteiger partial charge in [0.25, 0.3) is 0 Å². The minimum absolute atomic E-state index is 0.811. The van der Waals surface area contributed by atoms with Crippen molar-refractivity contribution in [3.8, 4) is 0 Å². The summed E-state index contributed by atoms with van der Waals surface area (Å²) in [6, 6.07) is 63.5. The van der Waals surface area contributed by atoms with Gasteiger partial charge in [-0.3, -0.25) is 0 Å². The summed E-state index contributed by atoms with van der Waals surface area (Å²) in [7, 11) is 0. The number of furan rings is 2. The highest BCUT2D eigenvalue weighted by atomic mass is 16.3. The van der Waals surface area contributed by atoms with E-state index in [4.69, 9.17) is 8.83 Å². The Hall–Kier alpha value is -6.78. The molecule has 50 heavy (non-hydrogen) atoms. The molecule has 0 saturated carbocycles. The highest BCUT2D eigenvalue weighted by Gasteiger charge is 2.27. The quantitative estimate of drug-likeness (QED) is 0.181. The van der Waals surface area contributed by atoms with Gasteiger partial charge in [-0.25, -0.2) is 0 Å². The second-order valence-electron chi connectivity index (χ2n) is 12.5. The molecule has 236 valence electrons. The van der Waals surface area contributed by atoms with E-state index in [-0.39, 0.29) is 0 Å². The van der Waals surface area contributed by atoms with E-state index in [9.17, 15) is 0 Å². The van der Waals surface area contributed by atoms with Crippen LogP contribution in [0.1, 0.15) is 0 Å². The number of nitrogens with zero attached hydrogens (tertiary/aromatic N) is 2. The van der Waals surface area contributed by atoms with Gasteiger partial charge in [-0.05, 0) is 89.6 Å². The average molecular weight is 643 g/mol. The first-order valence-electron chi connectivity index (χ1n) is 16.9. The largest absolute Gasteiger partial charge is 0.456 e. The number of anilines is 6. The molecule has 0 N–H and O–H groups in total. The molecule has 0 radical (unpaired) electrons. The van der Waals surface area contributed by atoms with Crippen molar-refractivity contribution in [3.05, 3.63) is 182 Å². The smallest absolute Gasteiger partial charge is 0.161 e. The van der Waals surface area contributed by atoms with Gasteiger partial charge in [0, 0.05) is 27.8 Å². The Morgan fingerprint density at radius 1 is 0.320 bits per heavy atom. The van der Waals surface area contributed by atoms with Gasteiger partial charge >= 0.3 is 0 Å². The van der Waals surface area contributed by atoms with E-state index in [1.807, 2.05) is 12.1 Å². The van der Waals surface area contributed by atoms with Crippen molar-refractivity contribution in [2.45, 2.75) is 0 Å². The van der Waals surface area contributed by atoms with Crippen LogP contribution < -0.4 is 9.80 Å². The average Bonchev–Trinajstić information content (AvgIpc) is 3.75. The minimum Gasteiger partial charge on any atom is -0.456 e. The van der Waals surface area contributed by atoms with Crippen LogP contribution in [0.5, 0.6) is 0 Å². The van der Waals surface area contributed by atoms with Gasteiger partial charge in [0.05, 0.1) is 27.8 Å². The molecule has 0 aliphatic carbocycles. The molecule has 0 saturated heterocycles. The Bertz CT molecular complexity index is 2780. The first kappa shape index (κ1) is 28.3. The van der Waals surface area contributed by atoms with Gasteiger partial charge < -0.3 is 18.6 Å². The van der Waals surface area contributed by atoms with E-state index in [0.717, 1.165) is 88.8 Å². The monoisotopic (exact) mass is 642 g/mol. The summed E-state index contributed by atoms with van der Waals surface area (Å²) in [5, 5.41) is 6.54. The molecule has 0 bridgehead atoms. The molecule has 4 nitrogen and oxygen atoms in total. The minimum atomic E-state index is 0.811. The van der Waals surface area contributed by atoms with Crippen LogP contribution in [0.3, 0.4) is 0 Å². The number of rotatable bonds is 6. The third-order valence-electron chi connectivity index (χ3n) is 9.59. The summed E-state index contributed by atoms with van der Waals surface area (Å²) >= 11 is 0. The number of hydrogen-bond donors (Lipinski definition) is 0. The topological polar surface area (TPSA) is 32.8 Å². The van der Waals surface area contributed by atoms with Gasteiger partial charge in [-0.2, -0.15) is 0 Å². The van der Waals surface area contributed by atoms with Crippen molar-refractivity contribution in [1.29, 1.82) is 0 Å². The van der Waals surface area contributed by atoms with Crippen LogP contribution in [0.25, 0.3) is 54.6 Å². The van der Waals surface area contributed by atoms with Crippen molar-refractivity contribution in [2.75, 3.05) is 9.80 Å². The van der Waals surface area contributed by atoms with Crippen molar-refractivity contribution in [1.82, 2.24) is 0 Å². The lowest BCUT2D eigenvalue weighted by molar-refractivity contribution is 0.669. The van der Waals surface area contributed by atoms with Gasteiger partial charge in [0.15, 0.2) is 5.58 Å². The number of para-hydroxylation sites is 4. The van der Waals surface area contributed by atoms with Gasteiger partial charge in [0.1, 0.15) is 16.7 Å². The van der Waals surface area contributed by atoms with E-state index >= 15 is 0 Å². The first-order chi connectivity index (χ1) is 24.8. The summed E-state index contributed by atoms with van der Waals surface area (Å²) in [6.45, 7) is 0. The van der Waals surface area contributed by atoms with Gasteiger partial charge in [-0.1, -0.05) is 103 Å². The Kier molecular flexibility index (Phi) is 6.46. The molecule has 0 aliphatic rings. The fourth-order valence-electron chi connectivity index (χ4n) is 7.41. The van der Waals surface area contributed by atoms with Gasteiger partial charge in [0.2, 0.25) is 0 Å². The zero-order chi connectivity index (χ0) is 33.0. The lowest BCUT2D eigenvalue weighted by Crippen LogP contribution is -2.13. The predicted octanol–water partition coefficient (Wildman–Crippen LogP) is 13.6. The molecule has 2 heterocycles. The lowest BCUT2D eigenvalue weighted by atomic mass is 10.0. The van der Waals surface area contributed by atoms with Crippen molar-refractivity contribution in [3.63, 3.8) is 0 Å². The first-order valence-corrected chi connectivity index (χ1v) is 16.9. The SMILES string of the molecule is c1ccc(N(c2ccccc2)c2ccc(N(c3ccccc3)c3cccc4oc5ccccc5c34)c3c2oc2cc4ccccc4cc23)cc1. The molecule has 0 aliphatic heterocycles. The molecule has 8 aromatic carbocycles. The zero-order valence-corrected chi connectivity index (χ0v) is 27.0. The number of fused-ring (bicyclic) bond motifs is 7. The van der Waals surface area contributed by atoms with Crippen LogP contribution in [0.4, 0.5) is 34.1 Å². The molecule has 0 atom stereocenters. The highest BCUT2D eigenvalue weighted by molar-refractivity contribution is 6.21. The fourth-order valence-corrected chi connectivity index (χ4v) is 7.41. The third-order valence-corrected chi connectivity index (χ3v) is 9.59. The second-order valence-corrected chi connectivity index (χ2v) is 12.5. The van der Waals surface area contributed by atoms with E-state index in [1.54, 1.807) is 0 Å². The molecule has 0 amide bonds. The van der Waals surface area contributed by atoms with Gasteiger partial charge in [-0.15, -0.1) is 0 Å². The summed E-state index contributed by atoms with van der Waals surface area (Å²) in [4.78, 5) is 4.64. The van der Waals surface area contributed by atoms with Crippen molar-refractivity contribution < 1.29 is 8.83 Å². The molecule has 0 spiro atoms. The van der Waals surface area contributed by atoms with Crippen LogP contribution in [0, 0.1) is 0 Å². The van der Waals surface area contributed by atoms with Crippen LogP contribution in [0.15, 0.2) is 191 Å². The summed E-state index contributed by atoms with van der Waals surface area (Å²) in [6.07, 6.45) is 0. The van der Waals surface area contributed by atoms with E-state index in [0.29, 0.717) is 0 Å². The Morgan fingerprint density at radius 3 is 1.56 bits per heavy atom. The summed E-state index contributed by atoms with van der Waals surface area (Å²) < 4.78 is 13.4. The third kappa shape index (κ3) is 4.46. The molecule has 0 unspecified atom stereocenters. The normalized spacial score (nSPS) is 11.6. The maximum Gasteiger partial charge on any atom is 0.161 e. The Labute approximate surface area is 288 Å². The van der Waals surface area contributed by atoms with Crippen LogP contribution in [0.2, 0.25) is 0 Å². The second kappa shape index (κ2) is 11.4. The number of hydrogen-bond acceptors (Lipinski definition) is 4. The Balaban J connectivity index is 1.34. The van der Waals surface area contributed by atoms with E-state index < -0.39 is 0 Å². The molecular weight excluding hydrogens is 613 g/mol. The Morgan fingerprint density at radius 2 is 0.860 bits per heavy atom. The molecule has 10 rings (SSSR count). The zero-order valence-electron chi connectivity index (χ0n) is 27.0. The van der Waals surface area contributed by atoms with Crippen LogP contribution in [-0.2, 0) is 0 Å². The molecule has 0 fully saturated rings. The lowest BCUT2D eigenvalue weighted by Gasteiger charge is -2.29. The van der Waals surface area contributed by atoms with E-state index in [2.05, 4.69) is 180 Å². The standard InChI is InChI=1S/C46H30N2O2/c1-4-17-33(18-5-1)47(34-19-6-2-7-20-34)40-28-27-39(45-37-29-31-15-10-11-16-32(31)30-43(37)50-46(40)45)48(35-21-8-3-9-22-35)38-24-14-26-42-44(38)36-23-12-13-25-41(36)49-42/h1-30H. The predicted molar refractivity (Wildman–Crippen MR) is 208 cm³/mol. The fraction of sp³-hybridized carbons (Fsp3) is 0. The molecular formula is C46H30N2O2. The highest BCUT2D eigenvalue weighted by Crippen LogP contribution is 2.50. The van der Waals surface area contributed by atoms with Crippen LogP contribution in [-0.4, -0.2) is 0 Å². The molecule has 10 aromatic rings. The van der Waals surface area contributed by atoms with Crippen LogP contribution >= 0.6 is 0 Å². The number of benzene rings is 8. The molecule has 2 aromatic heterocycles.